The molecule has 19 heavy (non-hydrogen) atoms. The zero-order valence-corrected chi connectivity index (χ0v) is 11.6. The molecule has 0 radical (unpaired) electrons. The van der Waals surface area contributed by atoms with Gasteiger partial charge in [-0.25, -0.2) is 4.79 Å². The first kappa shape index (κ1) is 14.3. The summed E-state index contributed by atoms with van der Waals surface area (Å²) in [5, 5.41) is 12.4. The molecule has 2 heterocycles. The standard InChI is InChI=1S/C14H25N3O2/c1-2-7-16-9-5-12(6-10-16)15-14(19)17-8-3-4-13(17)11-18/h2,12-13,18H,1,3-11H2,(H,15,19)/t13-/m0/s1. The van der Waals surface area contributed by atoms with Crippen molar-refractivity contribution in [2.75, 3.05) is 32.8 Å². The van der Waals surface area contributed by atoms with E-state index in [1.165, 1.54) is 0 Å². The van der Waals surface area contributed by atoms with Gasteiger partial charge in [-0.3, -0.25) is 4.90 Å². The van der Waals surface area contributed by atoms with Crippen molar-refractivity contribution in [3.63, 3.8) is 0 Å². The minimum atomic E-state index is -0.00118. The Morgan fingerprint density at radius 2 is 2.05 bits per heavy atom. The van der Waals surface area contributed by atoms with Crippen LogP contribution in [0.3, 0.4) is 0 Å². The Bertz CT molecular complexity index is 314. The summed E-state index contributed by atoms with van der Waals surface area (Å²) in [5.41, 5.74) is 0. The molecule has 0 spiro atoms. The minimum Gasteiger partial charge on any atom is -0.394 e. The first-order valence-electron chi connectivity index (χ1n) is 7.26. The van der Waals surface area contributed by atoms with E-state index < -0.39 is 0 Å². The van der Waals surface area contributed by atoms with Gasteiger partial charge in [0.15, 0.2) is 0 Å². The highest BCUT2D eigenvalue weighted by atomic mass is 16.3. The topological polar surface area (TPSA) is 55.8 Å². The Morgan fingerprint density at radius 3 is 2.68 bits per heavy atom. The molecule has 2 amide bonds. The van der Waals surface area contributed by atoms with E-state index in [4.69, 9.17) is 0 Å². The zero-order chi connectivity index (χ0) is 13.7. The first-order valence-corrected chi connectivity index (χ1v) is 7.26. The molecular formula is C14H25N3O2. The SMILES string of the molecule is C=CCN1CCC(NC(=O)N2CCC[C@H]2CO)CC1. The number of nitrogens with one attached hydrogen (secondary N) is 1. The number of likely N-dealkylation sites (tertiary alicyclic amines) is 2. The van der Waals surface area contributed by atoms with E-state index in [2.05, 4.69) is 16.8 Å². The van der Waals surface area contributed by atoms with E-state index >= 15 is 0 Å². The number of carbonyl (C=O) groups is 1. The minimum absolute atomic E-state index is 0.00118. The van der Waals surface area contributed by atoms with Gasteiger partial charge in [0, 0.05) is 32.2 Å². The number of rotatable bonds is 4. The van der Waals surface area contributed by atoms with E-state index in [9.17, 15) is 9.90 Å². The van der Waals surface area contributed by atoms with Gasteiger partial charge in [-0.1, -0.05) is 6.08 Å². The van der Waals surface area contributed by atoms with Crippen LogP contribution >= 0.6 is 0 Å². The Kier molecular flexibility index (Phi) is 5.22. The Hall–Kier alpha value is -1.07. The molecule has 2 aliphatic heterocycles. The van der Waals surface area contributed by atoms with Gasteiger partial charge in [-0.2, -0.15) is 0 Å². The van der Waals surface area contributed by atoms with Crippen molar-refractivity contribution in [3.05, 3.63) is 12.7 Å². The predicted octanol–water partition coefficient (Wildman–Crippen LogP) is 0.803. The molecule has 5 heteroatoms. The van der Waals surface area contributed by atoms with Crippen LogP contribution in [0.4, 0.5) is 4.79 Å². The summed E-state index contributed by atoms with van der Waals surface area (Å²) in [5.74, 6) is 0. The molecule has 108 valence electrons. The lowest BCUT2D eigenvalue weighted by atomic mass is 10.1. The Labute approximate surface area is 115 Å². The highest BCUT2D eigenvalue weighted by Gasteiger charge is 2.29. The van der Waals surface area contributed by atoms with Crippen molar-refractivity contribution in [1.82, 2.24) is 15.1 Å². The average Bonchev–Trinajstić information content (AvgIpc) is 2.90. The van der Waals surface area contributed by atoms with E-state index in [1.807, 2.05) is 6.08 Å². The fourth-order valence-corrected chi connectivity index (χ4v) is 2.99. The molecule has 1 atom stereocenters. The van der Waals surface area contributed by atoms with E-state index in [0.717, 1.165) is 51.9 Å². The molecule has 2 fully saturated rings. The van der Waals surface area contributed by atoms with Crippen LogP contribution in [0.5, 0.6) is 0 Å². The smallest absolute Gasteiger partial charge is 0.317 e. The number of hydrogen-bond acceptors (Lipinski definition) is 3. The van der Waals surface area contributed by atoms with Crippen LogP contribution in [0.25, 0.3) is 0 Å². The van der Waals surface area contributed by atoms with Crippen LogP contribution in [-0.4, -0.2) is 65.8 Å². The summed E-state index contributed by atoms with van der Waals surface area (Å²) in [6.45, 7) is 7.55. The number of piperidine rings is 1. The van der Waals surface area contributed by atoms with E-state index in [-0.39, 0.29) is 24.7 Å². The predicted molar refractivity (Wildman–Crippen MR) is 75.0 cm³/mol. The van der Waals surface area contributed by atoms with E-state index in [1.54, 1.807) is 4.90 Å². The summed E-state index contributed by atoms with van der Waals surface area (Å²) < 4.78 is 0. The maximum absolute atomic E-state index is 12.2. The second-order valence-electron chi connectivity index (χ2n) is 5.49. The molecule has 0 unspecified atom stereocenters. The quantitative estimate of drug-likeness (QED) is 0.741. The number of nitrogens with zero attached hydrogens (tertiary/aromatic N) is 2. The second kappa shape index (κ2) is 6.91. The average molecular weight is 267 g/mol. The van der Waals surface area contributed by atoms with Gasteiger partial charge in [-0.15, -0.1) is 6.58 Å². The summed E-state index contributed by atoms with van der Waals surface area (Å²) in [6.07, 6.45) is 5.83. The van der Waals surface area contributed by atoms with Gasteiger partial charge in [0.2, 0.25) is 0 Å². The Morgan fingerprint density at radius 1 is 1.32 bits per heavy atom. The number of aliphatic hydroxyl groups is 1. The maximum atomic E-state index is 12.2. The van der Waals surface area contributed by atoms with Crippen LogP contribution < -0.4 is 5.32 Å². The second-order valence-corrected chi connectivity index (χ2v) is 5.49. The van der Waals surface area contributed by atoms with Crippen molar-refractivity contribution in [1.29, 1.82) is 0 Å². The lowest BCUT2D eigenvalue weighted by Gasteiger charge is -2.33. The monoisotopic (exact) mass is 267 g/mol. The fourth-order valence-electron chi connectivity index (χ4n) is 2.99. The van der Waals surface area contributed by atoms with Gasteiger partial charge >= 0.3 is 6.03 Å². The molecular weight excluding hydrogens is 242 g/mol. The molecule has 2 aliphatic rings. The highest BCUT2D eigenvalue weighted by Crippen LogP contribution is 2.17. The van der Waals surface area contributed by atoms with E-state index in [0.29, 0.717) is 0 Å². The maximum Gasteiger partial charge on any atom is 0.317 e. The lowest BCUT2D eigenvalue weighted by molar-refractivity contribution is 0.148. The van der Waals surface area contributed by atoms with Crippen molar-refractivity contribution in [2.24, 2.45) is 0 Å². The molecule has 2 rings (SSSR count). The number of aliphatic hydroxyl groups excluding tert-OH is 1. The normalized spacial score (nSPS) is 25.5. The number of amides is 2. The van der Waals surface area contributed by atoms with Crippen molar-refractivity contribution < 1.29 is 9.90 Å². The molecule has 0 aromatic carbocycles. The largest absolute Gasteiger partial charge is 0.394 e. The number of hydrogen-bond donors (Lipinski definition) is 2. The highest BCUT2D eigenvalue weighted by molar-refractivity contribution is 5.75. The molecule has 0 aromatic rings. The Balaban J connectivity index is 1.76. The van der Waals surface area contributed by atoms with Gasteiger partial charge in [-0.05, 0) is 25.7 Å². The zero-order valence-electron chi connectivity index (χ0n) is 11.6. The summed E-state index contributed by atoms with van der Waals surface area (Å²) in [7, 11) is 0. The summed E-state index contributed by atoms with van der Waals surface area (Å²) >= 11 is 0. The number of carbonyl (C=O) groups excluding carboxylic acids is 1. The molecule has 5 nitrogen and oxygen atoms in total. The van der Waals surface area contributed by atoms with Crippen molar-refractivity contribution in [2.45, 2.75) is 37.8 Å². The third kappa shape index (κ3) is 3.70. The number of urea groups is 1. The molecule has 0 bridgehead atoms. The van der Waals surface area contributed by atoms with Crippen LogP contribution in [0.1, 0.15) is 25.7 Å². The fraction of sp³-hybridized carbons (Fsp3) is 0.786. The van der Waals surface area contributed by atoms with Crippen LogP contribution in [0.15, 0.2) is 12.7 Å². The summed E-state index contributed by atoms with van der Waals surface area (Å²) in [6, 6.07) is 0.285. The first-order chi connectivity index (χ1) is 9.24. The lowest BCUT2D eigenvalue weighted by Crippen LogP contribution is -2.51. The molecule has 2 N–H and O–H groups in total. The molecule has 0 aliphatic carbocycles. The molecule has 0 aromatic heterocycles. The van der Waals surface area contributed by atoms with Gasteiger partial charge in [0.05, 0.1) is 12.6 Å². The van der Waals surface area contributed by atoms with Gasteiger partial charge in [0.1, 0.15) is 0 Å². The van der Waals surface area contributed by atoms with Gasteiger partial charge in [0.25, 0.3) is 0 Å². The van der Waals surface area contributed by atoms with Gasteiger partial charge < -0.3 is 15.3 Å². The molecule has 0 saturated carbocycles. The third-order valence-electron chi connectivity index (χ3n) is 4.15. The summed E-state index contributed by atoms with van der Waals surface area (Å²) in [4.78, 5) is 16.3. The van der Waals surface area contributed by atoms with Crippen LogP contribution in [0, 0.1) is 0 Å². The van der Waals surface area contributed by atoms with Crippen molar-refractivity contribution >= 4 is 6.03 Å². The van der Waals surface area contributed by atoms with Crippen LogP contribution in [0.2, 0.25) is 0 Å². The molecule has 2 saturated heterocycles. The van der Waals surface area contributed by atoms with Crippen molar-refractivity contribution in [3.8, 4) is 0 Å². The van der Waals surface area contributed by atoms with Crippen LogP contribution in [-0.2, 0) is 0 Å². The third-order valence-corrected chi connectivity index (χ3v) is 4.15.